The first-order chi connectivity index (χ1) is 29.3. The summed E-state index contributed by atoms with van der Waals surface area (Å²) in [5, 5.41) is 12.0. The van der Waals surface area contributed by atoms with Gasteiger partial charge in [0.2, 0.25) is 11.8 Å². The molecule has 1 aromatic heterocycles. The van der Waals surface area contributed by atoms with E-state index in [1.54, 1.807) is 7.11 Å². The van der Waals surface area contributed by atoms with Crippen LogP contribution >= 0.6 is 0 Å². The number of fused-ring (bicyclic) bond motifs is 1. The number of hydrogen-bond acceptors (Lipinski definition) is 9. The van der Waals surface area contributed by atoms with Crippen molar-refractivity contribution in [3.05, 3.63) is 90.7 Å². The largest absolute Gasteiger partial charge is 0.483 e. The van der Waals surface area contributed by atoms with Crippen LogP contribution in [0.3, 0.4) is 0 Å². The van der Waals surface area contributed by atoms with E-state index in [0.29, 0.717) is 18.8 Å². The van der Waals surface area contributed by atoms with Gasteiger partial charge >= 0.3 is 6.09 Å². The number of aliphatic imine (C=N–C) groups is 1. The number of carbonyl (C=O) groups is 3. The normalized spacial score (nSPS) is 23.7. The van der Waals surface area contributed by atoms with E-state index in [0.717, 1.165) is 77.0 Å². The fraction of sp³-hybridized carbons (Fsp3) is 0.479. The number of nitrogens with zero attached hydrogens (tertiary/aromatic N) is 4. The number of methoxy groups -OCH3 is 2. The highest BCUT2D eigenvalue weighted by molar-refractivity contribution is 5.95. The van der Waals surface area contributed by atoms with Gasteiger partial charge in [-0.05, 0) is 108 Å². The Labute approximate surface area is 358 Å². The Morgan fingerprint density at radius 1 is 0.934 bits per heavy atom. The fourth-order valence-corrected chi connectivity index (χ4v) is 9.79. The van der Waals surface area contributed by atoms with Crippen LogP contribution in [0.2, 0.25) is 0 Å². The predicted octanol–water partition coefficient (Wildman–Crippen LogP) is 7.49. The molecule has 0 bridgehead atoms. The van der Waals surface area contributed by atoms with Gasteiger partial charge in [-0.25, -0.2) is 9.78 Å². The van der Waals surface area contributed by atoms with E-state index in [9.17, 15) is 14.4 Å². The maximum atomic E-state index is 14.0. The molecule has 1 unspecified atom stereocenters. The van der Waals surface area contributed by atoms with Gasteiger partial charge in [0.15, 0.2) is 5.88 Å². The van der Waals surface area contributed by atoms with Crippen molar-refractivity contribution < 1.29 is 23.9 Å². The Morgan fingerprint density at radius 3 is 2.33 bits per heavy atom. The Bertz CT molecular complexity index is 2330. The van der Waals surface area contributed by atoms with E-state index in [1.165, 1.54) is 12.7 Å². The molecule has 1 spiro atoms. The molecule has 4 aromatic rings. The number of aromatic amines is 1. The number of amidine groups is 1. The molecule has 61 heavy (non-hydrogen) atoms. The molecule has 3 aliphatic heterocycles. The highest BCUT2D eigenvalue weighted by atomic mass is 16.5. The van der Waals surface area contributed by atoms with Crippen LogP contribution in [0, 0.1) is 17.3 Å². The number of rotatable bonds is 13. The molecule has 13 heteroatoms. The van der Waals surface area contributed by atoms with Crippen molar-refractivity contribution in [2.45, 2.75) is 103 Å². The van der Waals surface area contributed by atoms with Gasteiger partial charge in [0.05, 0.1) is 50.8 Å². The van der Waals surface area contributed by atoms with Crippen LogP contribution in [-0.4, -0.2) is 95.0 Å². The van der Waals surface area contributed by atoms with E-state index in [1.807, 2.05) is 43.7 Å². The number of ether oxygens (including phenoxy) is 2. The number of carbonyl (C=O) groups excluding carboxylic acids is 3. The molecule has 8 rings (SSSR count). The van der Waals surface area contributed by atoms with Crippen LogP contribution in [0.15, 0.2) is 84.3 Å². The van der Waals surface area contributed by atoms with E-state index in [4.69, 9.17) is 19.5 Å². The van der Waals surface area contributed by atoms with Crippen molar-refractivity contribution in [2.24, 2.45) is 22.2 Å². The van der Waals surface area contributed by atoms with Crippen LogP contribution in [0.1, 0.15) is 90.2 Å². The second kappa shape index (κ2) is 16.9. The van der Waals surface area contributed by atoms with E-state index < -0.39 is 18.2 Å². The first-order valence-electron chi connectivity index (χ1n) is 21.8. The highest BCUT2D eigenvalue weighted by Crippen LogP contribution is 2.55. The summed E-state index contributed by atoms with van der Waals surface area (Å²) in [7, 11) is 2.86. The summed E-state index contributed by atoms with van der Waals surface area (Å²) in [4.78, 5) is 57.0. The van der Waals surface area contributed by atoms with Gasteiger partial charge in [-0.1, -0.05) is 76.2 Å². The second-order valence-corrected chi connectivity index (χ2v) is 18.0. The van der Waals surface area contributed by atoms with E-state index in [-0.39, 0.29) is 53.2 Å². The molecule has 3 fully saturated rings. The van der Waals surface area contributed by atoms with Crippen molar-refractivity contribution in [2.75, 3.05) is 27.3 Å². The summed E-state index contributed by atoms with van der Waals surface area (Å²) in [5.41, 5.74) is 5.49. The maximum Gasteiger partial charge on any atom is 0.407 e. The molecule has 3 aromatic carbocycles. The summed E-state index contributed by atoms with van der Waals surface area (Å²) in [6, 6.07) is 20.3. The molecular formula is C48H60N8O5. The first-order valence-corrected chi connectivity index (χ1v) is 21.8. The molecule has 2 saturated heterocycles. The lowest BCUT2D eigenvalue weighted by atomic mass is 9.97. The third-order valence-corrected chi connectivity index (χ3v) is 13.5. The molecule has 322 valence electrons. The fourth-order valence-electron chi connectivity index (χ4n) is 9.79. The Hall–Kier alpha value is -5.85. The molecule has 4 heterocycles. The van der Waals surface area contributed by atoms with Crippen molar-refractivity contribution in [1.82, 2.24) is 35.7 Å². The van der Waals surface area contributed by atoms with Crippen LogP contribution in [0.25, 0.3) is 33.2 Å². The number of alkyl carbamates (subject to hydrolysis) is 1. The van der Waals surface area contributed by atoms with Crippen LogP contribution in [0.4, 0.5) is 4.79 Å². The van der Waals surface area contributed by atoms with Gasteiger partial charge in [0.25, 0.3) is 0 Å². The summed E-state index contributed by atoms with van der Waals surface area (Å²) in [5.74, 6) is 2.24. The number of H-pyrrole nitrogens is 1. The molecule has 1 saturated carbocycles. The molecular weight excluding hydrogens is 769 g/mol. The molecule has 0 radical (unpaired) electrons. The lowest BCUT2D eigenvalue weighted by Crippen LogP contribution is -2.53. The molecule has 13 nitrogen and oxygen atoms in total. The average molecular weight is 829 g/mol. The lowest BCUT2D eigenvalue weighted by Gasteiger charge is -2.32. The monoisotopic (exact) mass is 828 g/mol. The number of amides is 3. The zero-order valence-corrected chi connectivity index (χ0v) is 36.5. The van der Waals surface area contributed by atoms with Gasteiger partial charge < -0.3 is 40.2 Å². The Morgan fingerprint density at radius 2 is 1.64 bits per heavy atom. The zero-order valence-electron chi connectivity index (χ0n) is 36.5. The van der Waals surface area contributed by atoms with E-state index in [2.05, 4.69) is 95.1 Å². The van der Waals surface area contributed by atoms with Crippen LogP contribution in [0.5, 0.6) is 0 Å². The molecule has 3 amide bonds. The number of likely N-dealkylation sites (tertiary alicyclic amines) is 2. The first kappa shape index (κ1) is 41.9. The van der Waals surface area contributed by atoms with Crippen molar-refractivity contribution >= 4 is 34.5 Å². The minimum Gasteiger partial charge on any atom is -0.483 e. The highest BCUT2D eigenvalue weighted by Gasteiger charge is 2.56. The second-order valence-electron chi connectivity index (χ2n) is 18.0. The predicted molar refractivity (Wildman–Crippen MR) is 237 cm³/mol. The smallest absolute Gasteiger partial charge is 0.407 e. The standard InChI is InChI=1S/C48H60N8O5/c1-9-37(54-47(59)61-8)45(57)56-29(5)20-28(4)42(56)44-50-24-38(53-44)32-12-10-31(11-13-32)33-14-15-35-22-36(17-16-34(35)21-33)39-25-49-43(52-39)40-23-48(18-19-48)26-55(40)46(58)41(27(2)3)51-30(6)60-7/h10-17,21-22,24,27-29,37,39-42,51H,6,9,18-20,23,25-26H2,1-5,7-8H3,(H,49,52)(H,50,53)(H,54,59)/t28-,29+,37-,39?,40-,41-,42-/m0/s1. The number of nitrogens with one attached hydrogen (secondary N) is 4. The number of aromatic nitrogens is 2. The van der Waals surface area contributed by atoms with Crippen LogP contribution in [-0.2, 0) is 19.1 Å². The van der Waals surface area contributed by atoms with Gasteiger partial charge in [0, 0.05) is 12.6 Å². The molecule has 1 aliphatic carbocycles. The van der Waals surface area contributed by atoms with Gasteiger partial charge in [-0.15, -0.1) is 0 Å². The zero-order chi connectivity index (χ0) is 43.2. The summed E-state index contributed by atoms with van der Waals surface area (Å²) in [6.45, 7) is 15.5. The molecule has 7 atom stereocenters. The minimum absolute atomic E-state index is 0.000590. The maximum absolute atomic E-state index is 14.0. The summed E-state index contributed by atoms with van der Waals surface area (Å²) >= 11 is 0. The molecule has 4 aliphatic rings. The Balaban J connectivity index is 0.933. The number of benzene rings is 3. The Kier molecular flexibility index (Phi) is 11.6. The van der Waals surface area contributed by atoms with Gasteiger partial charge in [-0.3, -0.25) is 14.6 Å². The SMILES string of the molecule is C=C(N[C@H](C(=O)N1CC2(CC2)C[C@H]1C1=NCC(c2ccc3cc(-c4ccc(-c5cnc([C@@H]6[C@@H](C)C[C@@H](C)N6C(=O)[C@H](CC)NC(=O)OC)[nH]5)cc4)ccc3c2)N1)C(C)C)OC. The quantitative estimate of drug-likeness (QED) is 0.101. The van der Waals surface area contributed by atoms with Crippen LogP contribution < -0.4 is 16.0 Å². The summed E-state index contributed by atoms with van der Waals surface area (Å²) < 4.78 is 10.0. The van der Waals surface area contributed by atoms with E-state index >= 15 is 0 Å². The van der Waals surface area contributed by atoms with Crippen molar-refractivity contribution in [3.8, 4) is 22.4 Å². The van der Waals surface area contributed by atoms with Crippen molar-refractivity contribution in [1.29, 1.82) is 0 Å². The topological polar surface area (TPSA) is 153 Å². The van der Waals surface area contributed by atoms with Crippen molar-refractivity contribution in [3.63, 3.8) is 0 Å². The third kappa shape index (κ3) is 8.31. The number of hydrogen-bond donors (Lipinski definition) is 4. The lowest BCUT2D eigenvalue weighted by molar-refractivity contribution is -0.137. The van der Waals surface area contributed by atoms with Gasteiger partial charge in [-0.2, -0.15) is 0 Å². The third-order valence-electron chi connectivity index (χ3n) is 13.5. The molecule has 4 N–H and O–H groups in total. The number of imidazole rings is 1. The average Bonchev–Trinajstić information content (AvgIpc) is 3.68. The summed E-state index contributed by atoms with van der Waals surface area (Å²) in [6.07, 6.45) is 5.76. The van der Waals surface area contributed by atoms with Gasteiger partial charge in [0.1, 0.15) is 23.7 Å². The minimum atomic E-state index is -0.675.